The molecule has 1 atom stereocenters. The fourth-order valence-electron chi connectivity index (χ4n) is 2.74. The SMILES string of the molecule is Cc1nccn1C[C@@H]1CCCN1c1cn[nH]c(=O)c1Cl. The maximum Gasteiger partial charge on any atom is 0.285 e. The van der Waals surface area contributed by atoms with Gasteiger partial charge in [-0.25, -0.2) is 10.1 Å². The van der Waals surface area contributed by atoms with Crippen LogP contribution in [0.25, 0.3) is 0 Å². The van der Waals surface area contributed by atoms with Gasteiger partial charge in [0.25, 0.3) is 5.56 Å². The van der Waals surface area contributed by atoms with Gasteiger partial charge in [-0.05, 0) is 19.8 Å². The van der Waals surface area contributed by atoms with E-state index in [0.717, 1.165) is 37.4 Å². The monoisotopic (exact) mass is 293 g/mol. The van der Waals surface area contributed by atoms with Gasteiger partial charge in [-0.1, -0.05) is 11.6 Å². The molecule has 0 unspecified atom stereocenters. The van der Waals surface area contributed by atoms with Crippen LogP contribution in [0.2, 0.25) is 5.02 Å². The van der Waals surface area contributed by atoms with Crippen molar-refractivity contribution in [3.63, 3.8) is 0 Å². The Hall–Kier alpha value is -1.82. The van der Waals surface area contributed by atoms with Crippen molar-refractivity contribution >= 4 is 17.3 Å². The van der Waals surface area contributed by atoms with E-state index in [0.29, 0.717) is 6.04 Å². The van der Waals surface area contributed by atoms with Crippen LogP contribution in [0.3, 0.4) is 0 Å². The molecular weight excluding hydrogens is 278 g/mol. The van der Waals surface area contributed by atoms with Crippen molar-refractivity contribution in [3.8, 4) is 0 Å². The van der Waals surface area contributed by atoms with Crippen molar-refractivity contribution in [1.29, 1.82) is 0 Å². The predicted molar refractivity (Wildman–Crippen MR) is 77.2 cm³/mol. The highest BCUT2D eigenvalue weighted by Crippen LogP contribution is 2.29. The molecule has 1 aliphatic rings. The van der Waals surface area contributed by atoms with Crippen LogP contribution in [0, 0.1) is 6.92 Å². The number of aromatic amines is 1. The third kappa shape index (κ3) is 2.31. The number of hydrogen-bond donors (Lipinski definition) is 1. The van der Waals surface area contributed by atoms with E-state index in [2.05, 4.69) is 24.6 Å². The molecule has 0 spiro atoms. The molecule has 1 fully saturated rings. The average Bonchev–Trinajstić information content (AvgIpc) is 3.04. The maximum atomic E-state index is 11.6. The zero-order chi connectivity index (χ0) is 14.1. The molecule has 0 amide bonds. The summed E-state index contributed by atoms with van der Waals surface area (Å²) in [4.78, 5) is 18.0. The molecule has 3 heterocycles. The second-order valence-corrected chi connectivity index (χ2v) is 5.39. The molecule has 0 bridgehead atoms. The van der Waals surface area contributed by atoms with Crippen LogP contribution in [0.4, 0.5) is 5.69 Å². The van der Waals surface area contributed by atoms with Gasteiger partial charge in [0.2, 0.25) is 0 Å². The number of halogens is 1. The van der Waals surface area contributed by atoms with Crippen molar-refractivity contribution in [3.05, 3.63) is 39.8 Å². The van der Waals surface area contributed by atoms with E-state index in [4.69, 9.17) is 11.6 Å². The van der Waals surface area contributed by atoms with Crippen LogP contribution in [0.1, 0.15) is 18.7 Å². The summed E-state index contributed by atoms with van der Waals surface area (Å²) in [6.07, 6.45) is 7.56. The molecule has 0 aromatic carbocycles. The molecule has 7 heteroatoms. The van der Waals surface area contributed by atoms with Gasteiger partial charge < -0.3 is 9.47 Å². The van der Waals surface area contributed by atoms with Gasteiger partial charge in [-0.3, -0.25) is 4.79 Å². The number of anilines is 1. The topological polar surface area (TPSA) is 66.8 Å². The fraction of sp³-hybridized carbons (Fsp3) is 0.462. The molecule has 0 radical (unpaired) electrons. The van der Waals surface area contributed by atoms with Gasteiger partial charge >= 0.3 is 0 Å². The highest BCUT2D eigenvalue weighted by Gasteiger charge is 2.27. The molecule has 0 saturated carbocycles. The van der Waals surface area contributed by atoms with Gasteiger partial charge in [-0.2, -0.15) is 5.10 Å². The summed E-state index contributed by atoms with van der Waals surface area (Å²) in [5.41, 5.74) is 0.379. The Labute approximate surface area is 121 Å². The number of hydrogen-bond acceptors (Lipinski definition) is 4. The minimum atomic E-state index is -0.339. The van der Waals surface area contributed by atoms with Crippen molar-refractivity contribution < 1.29 is 0 Å². The molecule has 20 heavy (non-hydrogen) atoms. The normalized spacial score (nSPS) is 18.7. The van der Waals surface area contributed by atoms with E-state index >= 15 is 0 Å². The zero-order valence-corrected chi connectivity index (χ0v) is 12.0. The molecule has 1 aliphatic heterocycles. The van der Waals surface area contributed by atoms with Crippen LogP contribution in [0.15, 0.2) is 23.4 Å². The molecule has 1 N–H and O–H groups in total. The highest BCUT2D eigenvalue weighted by molar-refractivity contribution is 6.33. The summed E-state index contributed by atoms with van der Waals surface area (Å²) in [6.45, 7) is 3.72. The quantitative estimate of drug-likeness (QED) is 0.933. The third-order valence-electron chi connectivity index (χ3n) is 3.79. The Morgan fingerprint density at radius 3 is 3.15 bits per heavy atom. The van der Waals surface area contributed by atoms with Gasteiger partial charge in [-0.15, -0.1) is 0 Å². The maximum absolute atomic E-state index is 11.6. The minimum Gasteiger partial charge on any atom is -0.364 e. The summed E-state index contributed by atoms with van der Waals surface area (Å²) in [6, 6.07) is 0.309. The lowest BCUT2D eigenvalue weighted by Crippen LogP contribution is -2.34. The minimum absolute atomic E-state index is 0.217. The Morgan fingerprint density at radius 2 is 2.40 bits per heavy atom. The molecule has 6 nitrogen and oxygen atoms in total. The summed E-state index contributed by atoms with van der Waals surface area (Å²) < 4.78 is 2.12. The van der Waals surface area contributed by atoms with Crippen LogP contribution in [0.5, 0.6) is 0 Å². The van der Waals surface area contributed by atoms with Crippen molar-refractivity contribution in [2.45, 2.75) is 32.4 Å². The molecule has 2 aromatic rings. The molecule has 106 valence electrons. The lowest BCUT2D eigenvalue weighted by atomic mass is 10.2. The summed E-state index contributed by atoms with van der Waals surface area (Å²) >= 11 is 6.11. The van der Waals surface area contributed by atoms with E-state index in [9.17, 15) is 4.79 Å². The number of nitrogens with one attached hydrogen (secondary N) is 1. The Bertz CT molecular complexity index is 665. The zero-order valence-electron chi connectivity index (χ0n) is 11.2. The largest absolute Gasteiger partial charge is 0.364 e. The number of rotatable bonds is 3. The van der Waals surface area contributed by atoms with E-state index < -0.39 is 0 Å². The highest BCUT2D eigenvalue weighted by atomic mass is 35.5. The first kappa shape index (κ1) is 13.2. The van der Waals surface area contributed by atoms with Crippen molar-refractivity contribution in [1.82, 2.24) is 19.7 Å². The molecule has 0 aliphatic carbocycles. The van der Waals surface area contributed by atoms with Crippen molar-refractivity contribution in [2.24, 2.45) is 0 Å². The predicted octanol–water partition coefficient (Wildman–Crippen LogP) is 1.60. The Morgan fingerprint density at radius 1 is 1.55 bits per heavy atom. The lowest BCUT2D eigenvalue weighted by molar-refractivity contribution is 0.540. The standard InChI is InChI=1S/C13H16ClN5O/c1-9-15-4-6-18(9)8-10-3-2-5-19(10)11-7-16-17-13(20)12(11)14/h4,6-7,10H,2-3,5,8H2,1H3,(H,17,20)/t10-/m0/s1. The molecule has 3 rings (SSSR count). The number of aryl methyl sites for hydroxylation is 1. The smallest absolute Gasteiger partial charge is 0.285 e. The van der Waals surface area contributed by atoms with Crippen LogP contribution < -0.4 is 10.5 Å². The first-order valence-corrected chi connectivity index (χ1v) is 7.02. The second kappa shape index (κ2) is 5.28. The average molecular weight is 294 g/mol. The van der Waals surface area contributed by atoms with E-state index in [1.54, 1.807) is 12.4 Å². The van der Waals surface area contributed by atoms with E-state index in [-0.39, 0.29) is 10.6 Å². The number of nitrogens with zero attached hydrogens (tertiary/aromatic N) is 4. The lowest BCUT2D eigenvalue weighted by Gasteiger charge is -2.27. The first-order chi connectivity index (χ1) is 9.66. The molecule has 2 aromatic heterocycles. The first-order valence-electron chi connectivity index (χ1n) is 6.64. The van der Waals surface area contributed by atoms with Crippen LogP contribution in [-0.2, 0) is 6.54 Å². The summed E-state index contributed by atoms with van der Waals surface area (Å²) in [5, 5.41) is 6.43. The summed E-state index contributed by atoms with van der Waals surface area (Å²) in [5.74, 6) is 0.993. The van der Waals surface area contributed by atoms with Gasteiger partial charge in [0.05, 0.1) is 11.9 Å². The number of H-pyrrole nitrogens is 1. The van der Waals surface area contributed by atoms with Gasteiger partial charge in [0, 0.05) is 31.5 Å². The molecule has 1 saturated heterocycles. The van der Waals surface area contributed by atoms with Gasteiger partial charge in [0.1, 0.15) is 10.8 Å². The van der Waals surface area contributed by atoms with Crippen LogP contribution in [-0.4, -0.2) is 32.3 Å². The van der Waals surface area contributed by atoms with Crippen LogP contribution >= 0.6 is 11.6 Å². The Balaban J connectivity index is 1.87. The summed E-state index contributed by atoms with van der Waals surface area (Å²) in [7, 11) is 0. The fourth-order valence-corrected chi connectivity index (χ4v) is 2.94. The Kier molecular flexibility index (Phi) is 3.48. The third-order valence-corrected chi connectivity index (χ3v) is 4.16. The number of aromatic nitrogens is 4. The van der Waals surface area contributed by atoms with E-state index in [1.165, 1.54) is 0 Å². The van der Waals surface area contributed by atoms with Gasteiger partial charge in [0.15, 0.2) is 0 Å². The molecular formula is C13H16ClN5O. The number of imidazole rings is 1. The van der Waals surface area contributed by atoms with Crippen molar-refractivity contribution in [2.75, 3.05) is 11.4 Å². The van der Waals surface area contributed by atoms with E-state index in [1.807, 2.05) is 13.1 Å². The second-order valence-electron chi connectivity index (χ2n) is 5.01.